The van der Waals surface area contributed by atoms with Crippen LogP contribution in [0.15, 0.2) is 91.3 Å². The molecule has 44 heavy (non-hydrogen) atoms. The van der Waals surface area contributed by atoms with Crippen LogP contribution in [-0.2, 0) is 24.7 Å². The second-order valence-corrected chi connectivity index (χ2v) is 12.4. The van der Waals surface area contributed by atoms with E-state index in [1.165, 1.54) is 16.6 Å². The zero-order valence-electron chi connectivity index (χ0n) is 23.5. The molecule has 1 aliphatic rings. The van der Waals surface area contributed by atoms with Gasteiger partial charge in [-0.25, -0.2) is 13.9 Å². The van der Waals surface area contributed by atoms with Crippen molar-refractivity contribution in [1.82, 2.24) is 9.88 Å². The van der Waals surface area contributed by atoms with Crippen LogP contribution in [0.4, 0.5) is 5.69 Å². The Morgan fingerprint density at radius 1 is 0.932 bits per heavy atom. The molecule has 0 radical (unpaired) electrons. The zero-order chi connectivity index (χ0) is 31.6. The summed E-state index contributed by atoms with van der Waals surface area (Å²) in [5.41, 5.74) is 2.92. The van der Waals surface area contributed by atoms with Gasteiger partial charge in [-0.05, 0) is 48.4 Å². The van der Waals surface area contributed by atoms with Crippen LogP contribution in [0.1, 0.15) is 22.3 Å². The number of carbonyl (C=O) groups is 1. The molecule has 0 amide bonds. The predicted octanol–water partition coefficient (Wildman–Crippen LogP) is 4.35. The van der Waals surface area contributed by atoms with Crippen molar-refractivity contribution >= 4 is 38.1 Å². The summed E-state index contributed by atoms with van der Waals surface area (Å²) in [4.78, 5) is 49.7. The van der Waals surface area contributed by atoms with Crippen LogP contribution < -0.4 is 10.1 Å². The quantitative estimate of drug-likeness (QED) is 0.0881. The van der Waals surface area contributed by atoms with E-state index in [2.05, 4.69) is 55.9 Å². The molecule has 0 bridgehead atoms. The Morgan fingerprint density at radius 2 is 1.68 bits per heavy atom. The monoisotopic (exact) mass is 645 g/mol. The SMILES string of the molecule is O=C(OCCOc1cccc(CN2CC[C@@H](Nc3cccc4cnccc34)C2)c1)c1ccccc1.O=P(O)(O)OP(=O)(O)O. The molecule has 5 N–H and O–H groups in total. The maximum absolute atomic E-state index is 12.0. The molecule has 1 saturated heterocycles. The fourth-order valence-electron chi connectivity index (χ4n) is 4.64. The summed E-state index contributed by atoms with van der Waals surface area (Å²) >= 11 is 0. The Morgan fingerprint density at radius 3 is 2.41 bits per heavy atom. The van der Waals surface area contributed by atoms with Gasteiger partial charge in [0.2, 0.25) is 0 Å². The molecule has 1 atom stereocenters. The second-order valence-electron chi connectivity index (χ2n) is 9.83. The number of hydrogen-bond acceptors (Lipinski definition) is 9. The van der Waals surface area contributed by atoms with Gasteiger partial charge in [0, 0.05) is 54.5 Å². The van der Waals surface area contributed by atoms with Crippen LogP contribution in [0.3, 0.4) is 0 Å². The van der Waals surface area contributed by atoms with E-state index in [9.17, 15) is 13.9 Å². The molecule has 1 aromatic heterocycles. The molecule has 0 spiro atoms. The van der Waals surface area contributed by atoms with E-state index in [-0.39, 0.29) is 12.6 Å². The highest BCUT2D eigenvalue weighted by atomic mass is 31.3. The first-order valence-electron chi connectivity index (χ1n) is 13.5. The lowest BCUT2D eigenvalue weighted by molar-refractivity contribution is 0.0450. The van der Waals surface area contributed by atoms with Crippen molar-refractivity contribution in [3.05, 3.63) is 102 Å². The van der Waals surface area contributed by atoms with Crippen molar-refractivity contribution < 1.29 is 47.3 Å². The molecule has 5 rings (SSSR count). The minimum absolute atomic E-state index is 0.210. The molecule has 4 aromatic rings. The molecule has 15 heteroatoms. The first kappa shape index (κ1) is 33.3. The van der Waals surface area contributed by atoms with E-state index in [1.54, 1.807) is 12.1 Å². The molecular weight excluding hydrogens is 612 g/mol. The van der Waals surface area contributed by atoms with E-state index in [0.29, 0.717) is 18.2 Å². The Labute approximate surface area is 253 Å². The van der Waals surface area contributed by atoms with Crippen molar-refractivity contribution in [2.24, 2.45) is 0 Å². The lowest BCUT2D eigenvalue weighted by Crippen LogP contribution is -2.26. The number of nitrogens with zero attached hydrogens (tertiary/aromatic N) is 2. The molecule has 1 fully saturated rings. The van der Waals surface area contributed by atoms with Crippen LogP contribution in [0.25, 0.3) is 10.8 Å². The van der Waals surface area contributed by atoms with Crippen molar-refractivity contribution in [3.8, 4) is 5.75 Å². The third kappa shape index (κ3) is 11.1. The first-order chi connectivity index (χ1) is 20.9. The molecule has 13 nitrogen and oxygen atoms in total. The van der Waals surface area contributed by atoms with Crippen LogP contribution in [0.2, 0.25) is 0 Å². The Hall–Kier alpha value is -3.64. The fraction of sp³-hybridized carbons (Fsp3) is 0.241. The number of nitrogens with one attached hydrogen (secondary N) is 1. The number of anilines is 1. The van der Waals surface area contributed by atoms with Crippen molar-refractivity contribution in [3.63, 3.8) is 0 Å². The summed E-state index contributed by atoms with van der Waals surface area (Å²) in [5, 5.41) is 6.09. The summed E-state index contributed by atoms with van der Waals surface area (Å²) in [7, 11) is -10.1. The van der Waals surface area contributed by atoms with Crippen molar-refractivity contribution in [2.75, 3.05) is 31.6 Å². The summed E-state index contributed by atoms with van der Waals surface area (Å²) in [6, 6.07) is 25.9. The number of ether oxygens (including phenoxy) is 2. The van der Waals surface area contributed by atoms with Gasteiger partial charge in [-0.15, -0.1) is 0 Å². The Bertz CT molecular complexity index is 1610. The lowest BCUT2D eigenvalue weighted by Gasteiger charge is -2.19. The highest BCUT2D eigenvalue weighted by Gasteiger charge is 2.28. The third-order valence-electron chi connectivity index (χ3n) is 6.42. The Kier molecular flexibility index (Phi) is 11.6. The van der Waals surface area contributed by atoms with E-state index < -0.39 is 15.6 Å². The standard InChI is InChI=1S/C29H29N3O3.H4O7P2/c33-29(23-7-2-1-3-8-23)35-17-16-34-26-10-4-6-22(18-26)20-32-15-13-25(21-32)31-28-11-5-9-24-19-30-14-12-27(24)28;1-8(2,3)7-9(4,5)6/h1-12,14,18-19,25,31H,13,15-17,20-21H2;(H2,1,2,3)(H2,4,5,6)/t25-;/m1./s1. The Balaban J connectivity index is 0.000000429. The lowest BCUT2D eigenvalue weighted by atomic mass is 10.1. The fourth-order valence-corrected chi connectivity index (χ4v) is 5.75. The summed E-state index contributed by atoms with van der Waals surface area (Å²) in [6.07, 6.45) is 4.85. The average Bonchev–Trinajstić information content (AvgIpc) is 3.41. The first-order valence-corrected chi connectivity index (χ1v) is 16.6. The van der Waals surface area contributed by atoms with Gasteiger partial charge in [0.15, 0.2) is 0 Å². The van der Waals surface area contributed by atoms with Gasteiger partial charge < -0.3 is 34.4 Å². The summed E-state index contributed by atoms with van der Waals surface area (Å²) in [5.74, 6) is 0.455. The maximum Gasteiger partial charge on any atom is 0.478 e. The van der Waals surface area contributed by atoms with Gasteiger partial charge in [0.1, 0.15) is 19.0 Å². The normalized spacial score (nSPS) is 15.3. The van der Waals surface area contributed by atoms with E-state index in [4.69, 9.17) is 29.0 Å². The number of carbonyl (C=O) groups excluding carboxylic acids is 1. The molecule has 0 saturated carbocycles. The molecule has 234 valence electrons. The topological polar surface area (TPSA) is 188 Å². The number of pyridine rings is 1. The van der Waals surface area contributed by atoms with Gasteiger partial charge in [-0.1, -0.05) is 42.5 Å². The number of likely N-dealkylation sites (tertiary alicyclic amines) is 1. The van der Waals surface area contributed by atoms with Gasteiger partial charge in [0.25, 0.3) is 0 Å². The molecule has 2 heterocycles. The molecule has 0 aliphatic carbocycles. The molecular formula is C29H33N3O10P2. The van der Waals surface area contributed by atoms with Gasteiger partial charge in [-0.2, -0.15) is 4.31 Å². The average molecular weight is 646 g/mol. The van der Waals surface area contributed by atoms with Gasteiger partial charge >= 0.3 is 21.6 Å². The summed E-state index contributed by atoms with van der Waals surface area (Å²) in [6.45, 7) is 3.43. The number of hydrogen-bond donors (Lipinski definition) is 5. The largest absolute Gasteiger partial charge is 0.490 e. The number of aromatic nitrogens is 1. The maximum atomic E-state index is 12.0. The van der Waals surface area contributed by atoms with Gasteiger partial charge in [-0.3, -0.25) is 9.88 Å². The number of phosphoric acid groups is 2. The predicted molar refractivity (Wildman–Crippen MR) is 163 cm³/mol. The van der Waals surface area contributed by atoms with Gasteiger partial charge in [0.05, 0.1) is 5.56 Å². The molecule has 0 unspecified atom stereocenters. The number of fused-ring (bicyclic) bond motifs is 1. The molecule has 1 aliphatic heterocycles. The van der Waals surface area contributed by atoms with Crippen molar-refractivity contribution in [1.29, 1.82) is 0 Å². The van der Waals surface area contributed by atoms with E-state index in [1.807, 2.05) is 42.7 Å². The minimum Gasteiger partial charge on any atom is -0.490 e. The third-order valence-corrected chi connectivity index (χ3v) is 8.13. The van der Waals surface area contributed by atoms with Crippen LogP contribution >= 0.6 is 15.6 Å². The van der Waals surface area contributed by atoms with Crippen LogP contribution in [0, 0.1) is 0 Å². The zero-order valence-corrected chi connectivity index (χ0v) is 25.3. The summed E-state index contributed by atoms with van der Waals surface area (Å²) < 4.78 is 33.3. The highest BCUT2D eigenvalue weighted by Crippen LogP contribution is 2.53. The van der Waals surface area contributed by atoms with E-state index >= 15 is 0 Å². The highest BCUT2D eigenvalue weighted by molar-refractivity contribution is 7.60. The number of esters is 1. The van der Waals surface area contributed by atoms with Crippen LogP contribution in [-0.4, -0.2) is 67.8 Å². The number of benzene rings is 3. The number of rotatable bonds is 11. The van der Waals surface area contributed by atoms with E-state index in [0.717, 1.165) is 37.2 Å². The second kappa shape index (κ2) is 15.4. The minimum atomic E-state index is -5.05. The molecule has 3 aromatic carbocycles. The van der Waals surface area contributed by atoms with Crippen LogP contribution in [0.5, 0.6) is 5.75 Å². The van der Waals surface area contributed by atoms with Crippen molar-refractivity contribution in [2.45, 2.75) is 19.0 Å². The smallest absolute Gasteiger partial charge is 0.478 e.